The maximum absolute atomic E-state index is 13.4. The fourth-order valence-corrected chi connectivity index (χ4v) is 6.06. The predicted molar refractivity (Wildman–Crippen MR) is 134 cm³/mol. The molecule has 5 heterocycles. The lowest BCUT2D eigenvalue weighted by Gasteiger charge is -2.35. The van der Waals surface area contributed by atoms with Gasteiger partial charge < -0.3 is 19.3 Å². The number of imidazole rings is 1. The Morgan fingerprint density at radius 3 is 2.81 bits per heavy atom. The van der Waals surface area contributed by atoms with E-state index < -0.39 is 23.0 Å². The van der Waals surface area contributed by atoms with Crippen molar-refractivity contribution >= 4 is 51.6 Å². The number of amides is 1. The van der Waals surface area contributed by atoms with Gasteiger partial charge in [0.05, 0.1) is 11.4 Å². The van der Waals surface area contributed by atoms with E-state index in [-0.39, 0.29) is 29.1 Å². The molecule has 5 rings (SSSR count). The molecule has 2 aliphatic rings. The molecule has 0 radical (unpaired) electrons. The third-order valence-electron chi connectivity index (χ3n) is 6.06. The van der Waals surface area contributed by atoms with Crippen LogP contribution in [0.1, 0.15) is 51.6 Å². The van der Waals surface area contributed by atoms with Crippen molar-refractivity contribution in [2.24, 2.45) is 0 Å². The molecule has 1 amide bonds. The van der Waals surface area contributed by atoms with Crippen LogP contribution in [0.4, 0.5) is 5.82 Å². The summed E-state index contributed by atoms with van der Waals surface area (Å²) in [5, 5.41) is 11.5. The number of halogens is 1. The zero-order valence-corrected chi connectivity index (χ0v) is 21.7. The van der Waals surface area contributed by atoms with E-state index in [1.807, 2.05) is 0 Å². The molecule has 2 atom stereocenters. The average Bonchev–Trinajstić information content (AvgIpc) is 3.48. The van der Waals surface area contributed by atoms with Crippen LogP contribution in [0.25, 0.3) is 0 Å². The van der Waals surface area contributed by atoms with Gasteiger partial charge in [0.15, 0.2) is 23.2 Å². The molecule has 3 aromatic heterocycles. The van der Waals surface area contributed by atoms with E-state index >= 15 is 0 Å². The van der Waals surface area contributed by atoms with Crippen molar-refractivity contribution in [3.8, 4) is 5.75 Å². The smallest absolute Gasteiger partial charge is 0.355 e. The zero-order chi connectivity index (χ0) is 25.4. The van der Waals surface area contributed by atoms with Gasteiger partial charge in [-0.05, 0) is 25.0 Å². The summed E-state index contributed by atoms with van der Waals surface area (Å²) in [6, 6.07) is 2.56. The van der Waals surface area contributed by atoms with E-state index in [4.69, 9.17) is 21.3 Å². The molecule has 2 N–H and O–H groups in total. The molecule has 14 heteroatoms. The Balaban J connectivity index is 1.42. The number of pyridine rings is 1. The van der Waals surface area contributed by atoms with Crippen LogP contribution in [0, 0.1) is 0 Å². The number of hydrogen-bond acceptors (Lipinski definition) is 8. The number of carboxylic acid groups (broad SMARTS) is 1. The van der Waals surface area contributed by atoms with Gasteiger partial charge in [-0.25, -0.2) is 24.0 Å². The molecule has 0 spiro atoms. The van der Waals surface area contributed by atoms with Gasteiger partial charge in [-0.3, -0.25) is 9.52 Å². The number of carbonyl (C=O) groups is 2. The number of rotatable bonds is 7. The van der Waals surface area contributed by atoms with Crippen molar-refractivity contribution in [2.45, 2.75) is 38.3 Å². The van der Waals surface area contributed by atoms with E-state index in [2.05, 4.69) is 19.3 Å². The van der Waals surface area contributed by atoms with Crippen LogP contribution in [0.5, 0.6) is 5.75 Å². The van der Waals surface area contributed by atoms with Crippen LogP contribution in [0.2, 0.25) is 5.15 Å². The highest BCUT2D eigenvalue weighted by atomic mass is 35.5. The van der Waals surface area contributed by atoms with Crippen LogP contribution >= 0.6 is 22.9 Å². The maximum atomic E-state index is 13.4. The highest BCUT2D eigenvalue weighted by Crippen LogP contribution is 2.38. The van der Waals surface area contributed by atoms with E-state index in [1.165, 1.54) is 23.0 Å². The lowest BCUT2D eigenvalue weighted by molar-refractivity contribution is -0.135. The minimum Gasteiger partial charge on any atom is -0.481 e. The molecule has 0 bridgehead atoms. The summed E-state index contributed by atoms with van der Waals surface area (Å²) < 4.78 is 21.8. The van der Waals surface area contributed by atoms with E-state index in [1.54, 1.807) is 17.0 Å². The molecule has 0 saturated carbocycles. The highest BCUT2D eigenvalue weighted by Gasteiger charge is 2.39. The molecule has 0 saturated heterocycles. The van der Waals surface area contributed by atoms with E-state index in [0.29, 0.717) is 23.8 Å². The van der Waals surface area contributed by atoms with Gasteiger partial charge in [0.2, 0.25) is 0 Å². The summed E-state index contributed by atoms with van der Waals surface area (Å²) in [4.78, 5) is 39.9. The molecule has 0 aromatic carbocycles. The molecule has 3 aromatic rings. The van der Waals surface area contributed by atoms with Gasteiger partial charge in [0.25, 0.3) is 5.91 Å². The van der Waals surface area contributed by atoms with Crippen LogP contribution in [-0.4, -0.2) is 65.0 Å². The number of thiazole rings is 1. The first-order valence-corrected chi connectivity index (χ1v) is 14.1. The third-order valence-corrected chi connectivity index (χ3v) is 7.73. The topological polar surface area (TPSA) is 140 Å². The molecule has 190 valence electrons. The number of ether oxygens (including phenoxy) is 1. The number of nitrogens with one attached hydrogen (secondary N) is 1. The quantitative estimate of drug-likeness (QED) is 0.428. The summed E-state index contributed by atoms with van der Waals surface area (Å²) in [6.07, 6.45) is 5.01. The Morgan fingerprint density at radius 2 is 2.08 bits per heavy atom. The van der Waals surface area contributed by atoms with Gasteiger partial charge in [-0.15, -0.1) is 11.3 Å². The third kappa shape index (κ3) is 4.82. The van der Waals surface area contributed by atoms with Crippen LogP contribution in [-0.2, 0) is 35.2 Å². The standard InChI is InChI=1S/C22H23ClN6O5S2/c1-36(33)27-15-6-5-14(20(23)26-15)34-10-17(30)29-9-7-12-18(28-8-3-2-4-16(28)24-12)19(29)21-25-13(11-35-21)22(31)32/h5-6,11,19H,2-4,7-10H2,1H3,(H,26,27)(H,31,32). The van der Waals surface area contributed by atoms with Crippen molar-refractivity contribution in [3.63, 3.8) is 0 Å². The normalized spacial score (nSPS) is 17.7. The first-order valence-electron chi connectivity index (χ1n) is 11.3. The highest BCUT2D eigenvalue weighted by molar-refractivity contribution is 7.85. The van der Waals surface area contributed by atoms with Crippen molar-refractivity contribution in [1.29, 1.82) is 0 Å². The summed E-state index contributed by atoms with van der Waals surface area (Å²) in [6.45, 7) is 0.904. The SMILES string of the molecule is CS(=O)Nc1ccc(OCC(=O)N2CCc3nc4n(c3C2c2nc(C(=O)O)cs2)CCCC4)c(Cl)n1. The summed E-state index contributed by atoms with van der Waals surface area (Å²) >= 11 is 7.41. The molecule has 11 nitrogen and oxygen atoms in total. The fraction of sp³-hybridized carbons (Fsp3) is 0.409. The molecule has 0 aliphatic carbocycles. The second-order valence-corrected chi connectivity index (χ2v) is 10.8. The number of hydrogen-bond donors (Lipinski definition) is 2. The molecular weight excluding hydrogens is 528 g/mol. The summed E-state index contributed by atoms with van der Waals surface area (Å²) in [5.41, 5.74) is 1.78. The maximum Gasteiger partial charge on any atom is 0.355 e. The summed E-state index contributed by atoms with van der Waals surface area (Å²) in [5.74, 6) is 0.132. The molecule has 2 aliphatic heterocycles. The van der Waals surface area contributed by atoms with Gasteiger partial charge in [0.1, 0.15) is 33.7 Å². The number of aryl methyl sites for hydroxylation is 1. The van der Waals surface area contributed by atoms with Gasteiger partial charge >= 0.3 is 5.97 Å². The molecule has 0 fully saturated rings. The number of aromatic nitrogens is 4. The second-order valence-electron chi connectivity index (χ2n) is 8.41. The molecule has 2 unspecified atom stereocenters. The number of carbonyl (C=O) groups excluding carboxylic acids is 1. The minimum atomic E-state index is -1.31. The van der Waals surface area contributed by atoms with Gasteiger partial charge in [0, 0.05) is 37.6 Å². The zero-order valence-electron chi connectivity index (χ0n) is 19.3. The van der Waals surface area contributed by atoms with Crippen molar-refractivity contribution in [2.75, 3.05) is 24.1 Å². The first-order chi connectivity index (χ1) is 17.3. The second kappa shape index (κ2) is 10.1. The predicted octanol–water partition coefficient (Wildman–Crippen LogP) is 2.68. The van der Waals surface area contributed by atoms with Crippen LogP contribution in [0.3, 0.4) is 0 Å². The lowest BCUT2D eigenvalue weighted by atomic mass is 10.0. The van der Waals surface area contributed by atoms with Crippen LogP contribution < -0.4 is 9.46 Å². The van der Waals surface area contributed by atoms with Crippen molar-refractivity contribution < 1.29 is 23.6 Å². The summed E-state index contributed by atoms with van der Waals surface area (Å²) in [7, 11) is -1.31. The average molecular weight is 551 g/mol. The van der Waals surface area contributed by atoms with E-state index in [9.17, 15) is 18.9 Å². The number of carboxylic acids is 1. The largest absolute Gasteiger partial charge is 0.481 e. The lowest BCUT2D eigenvalue weighted by Crippen LogP contribution is -2.43. The fourth-order valence-electron chi connectivity index (χ4n) is 4.54. The van der Waals surface area contributed by atoms with Crippen molar-refractivity contribution in [1.82, 2.24) is 24.4 Å². The number of fused-ring (bicyclic) bond motifs is 3. The Bertz CT molecular complexity index is 1360. The van der Waals surface area contributed by atoms with Gasteiger partial charge in [-0.2, -0.15) is 0 Å². The van der Waals surface area contributed by atoms with Gasteiger partial charge in [-0.1, -0.05) is 11.6 Å². The minimum absolute atomic E-state index is 0.0339. The van der Waals surface area contributed by atoms with Crippen LogP contribution in [0.15, 0.2) is 17.5 Å². The van der Waals surface area contributed by atoms with E-state index in [0.717, 1.165) is 43.0 Å². The number of anilines is 1. The monoisotopic (exact) mass is 550 g/mol. The number of nitrogens with zero attached hydrogens (tertiary/aromatic N) is 5. The Kier molecular flexibility index (Phi) is 6.95. The Labute approximate surface area is 218 Å². The first kappa shape index (κ1) is 24.7. The molecule has 36 heavy (non-hydrogen) atoms. The molecular formula is C22H23ClN6O5S2. The Morgan fingerprint density at radius 1 is 1.25 bits per heavy atom. The van der Waals surface area contributed by atoms with Crippen molar-refractivity contribution in [3.05, 3.63) is 50.6 Å². The Hall–Kier alpha value is -3.03. The number of aromatic carboxylic acids is 1.